The van der Waals surface area contributed by atoms with Crippen molar-refractivity contribution >= 4 is 39.8 Å². The van der Waals surface area contributed by atoms with Gasteiger partial charge in [0.05, 0.1) is 29.0 Å². The molecule has 24 heavy (non-hydrogen) atoms. The lowest BCUT2D eigenvalue weighted by molar-refractivity contribution is 0.0594. The number of esters is 1. The van der Waals surface area contributed by atoms with Crippen LogP contribution in [-0.2, 0) is 4.74 Å². The van der Waals surface area contributed by atoms with Crippen LogP contribution >= 0.6 is 11.6 Å². The minimum absolute atomic E-state index is 0.250. The summed E-state index contributed by atoms with van der Waals surface area (Å²) in [5.41, 5.74) is 4.68. The first-order valence-corrected chi connectivity index (χ1v) is 7.88. The number of halogens is 1. The zero-order chi connectivity index (χ0) is 17.3. The van der Waals surface area contributed by atoms with Crippen molar-refractivity contribution in [1.82, 2.24) is 4.98 Å². The normalized spacial score (nSPS) is 10.7. The zero-order valence-electron chi connectivity index (χ0n) is 13.7. The Bertz CT molecular complexity index is 938. The Kier molecular flexibility index (Phi) is 4.40. The lowest BCUT2D eigenvalue weighted by Crippen LogP contribution is -2.06. The summed E-state index contributed by atoms with van der Waals surface area (Å²) in [6.45, 7) is 3.99. The highest BCUT2D eigenvalue weighted by Gasteiger charge is 2.13. The Morgan fingerprint density at radius 3 is 2.46 bits per heavy atom. The third-order valence-electron chi connectivity index (χ3n) is 3.75. The summed E-state index contributed by atoms with van der Waals surface area (Å²) in [5.74, 6) is -0.476. The van der Waals surface area contributed by atoms with E-state index in [1.807, 2.05) is 50.2 Å². The second-order valence-corrected chi connectivity index (χ2v) is 6.08. The summed E-state index contributed by atoms with van der Waals surface area (Å²) in [6.07, 6.45) is 0. The highest BCUT2D eigenvalue weighted by Crippen LogP contribution is 2.31. The molecule has 0 aliphatic heterocycles. The fraction of sp³-hybridized carbons (Fsp3) is 0.158. The molecule has 5 heteroatoms. The van der Waals surface area contributed by atoms with Gasteiger partial charge in [-0.1, -0.05) is 29.3 Å². The predicted molar refractivity (Wildman–Crippen MR) is 97.3 cm³/mol. The third kappa shape index (κ3) is 3.19. The molecule has 0 saturated carbocycles. The second kappa shape index (κ2) is 6.49. The number of aryl methyl sites for hydroxylation is 2. The van der Waals surface area contributed by atoms with E-state index in [1.54, 1.807) is 6.07 Å². The first-order chi connectivity index (χ1) is 11.5. The van der Waals surface area contributed by atoms with Crippen molar-refractivity contribution in [2.24, 2.45) is 0 Å². The highest BCUT2D eigenvalue weighted by molar-refractivity contribution is 6.33. The number of nitrogens with one attached hydrogen (secondary N) is 1. The van der Waals surface area contributed by atoms with Crippen molar-refractivity contribution in [1.29, 1.82) is 0 Å². The summed E-state index contributed by atoms with van der Waals surface area (Å²) in [6, 6.07) is 13.3. The fourth-order valence-electron chi connectivity index (χ4n) is 2.52. The minimum atomic E-state index is -0.476. The molecule has 0 bridgehead atoms. The Morgan fingerprint density at radius 2 is 1.75 bits per heavy atom. The maximum Gasteiger partial charge on any atom is 0.356 e. The van der Waals surface area contributed by atoms with Crippen LogP contribution in [0.3, 0.4) is 0 Å². The molecular weight excluding hydrogens is 324 g/mol. The van der Waals surface area contributed by atoms with E-state index in [2.05, 4.69) is 10.3 Å². The number of hydrogen-bond acceptors (Lipinski definition) is 4. The van der Waals surface area contributed by atoms with Crippen LogP contribution in [0.4, 0.5) is 11.4 Å². The smallest absolute Gasteiger partial charge is 0.356 e. The molecule has 0 fully saturated rings. The number of nitrogens with zero attached hydrogens (tertiary/aromatic N) is 1. The van der Waals surface area contributed by atoms with E-state index in [9.17, 15) is 4.79 Å². The number of fused-ring (bicyclic) bond motifs is 1. The van der Waals surface area contributed by atoms with Crippen molar-refractivity contribution in [3.8, 4) is 0 Å². The average Bonchev–Trinajstić information content (AvgIpc) is 2.56. The molecule has 3 aromatic rings. The second-order valence-electron chi connectivity index (χ2n) is 5.68. The fourth-order valence-corrected chi connectivity index (χ4v) is 2.80. The number of benzene rings is 2. The Balaban J connectivity index is 2.16. The molecule has 2 aromatic carbocycles. The van der Waals surface area contributed by atoms with Crippen molar-refractivity contribution in [2.45, 2.75) is 13.8 Å². The number of methoxy groups -OCH3 is 1. The topological polar surface area (TPSA) is 51.2 Å². The van der Waals surface area contributed by atoms with E-state index in [0.29, 0.717) is 10.5 Å². The van der Waals surface area contributed by atoms with Gasteiger partial charge in [-0.2, -0.15) is 0 Å². The first-order valence-electron chi connectivity index (χ1n) is 7.51. The number of carbonyl (C=O) groups is 1. The summed E-state index contributed by atoms with van der Waals surface area (Å²) in [4.78, 5) is 16.3. The number of carbonyl (C=O) groups excluding carboxylic acids is 1. The number of aromatic nitrogens is 1. The Morgan fingerprint density at radius 1 is 1.04 bits per heavy atom. The van der Waals surface area contributed by atoms with Crippen LogP contribution in [0.25, 0.3) is 10.9 Å². The molecule has 3 rings (SSSR count). The van der Waals surface area contributed by atoms with Crippen molar-refractivity contribution in [2.75, 3.05) is 12.4 Å². The van der Waals surface area contributed by atoms with Gasteiger partial charge >= 0.3 is 5.97 Å². The van der Waals surface area contributed by atoms with E-state index in [0.717, 1.165) is 27.9 Å². The van der Waals surface area contributed by atoms with Crippen LogP contribution in [0.15, 0.2) is 42.5 Å². The number of pyridine rings is 1. The van der Waals surface area contributed by atoms with Crippen molar-refractivity contribution in [3.05, 3.63) is 64.3 Å². The van der Waals surface area contributed by atoms with Gasteiger partial charge in [-0.15, -0.1) is 0 Å². The van der Waals surface area contributed by atoms with Gasteiger partial charge in [0.1, 0.15) is 0 Å². The van der Waals surface area contributed by atoms with Gasteiger partial charge in [-0.25, -0.2) is 9.78 Å². The van der Waals surface area contributed by atoms with Crippen molar-refractivity contribution < 1.29 is 9.53 Å². The lowest BCUT2D eigenvalue weighted by Gasteiger charge is -2.13. The zero-order valence-corrected chi connectivity index (χ0v) is 14.4. The van der Waals surface area contributed by atoms with Gasteiger partial charge in [-0.3, -0.25) is 0 Å². The van der Waals surface area contributed by atoms with E-state index in [1.165, 1.54) is 7.11 Å². The van der Waals surface area contributed by atoms with Crippen LogP contribution in [0.2, 0.25) is 5.02 Å². The van der Waals surface area contributed by atoms with E-state index < -0.39 is 5.97 Å². The lowest BCUT2D eigenvalue weighted by atomic mass is 10.1. The molecule has 0 unspecified atom stereocenters. The number of anilines is 2. The van der Waals surface area contributed by atoms with Crippen LogP contribution < -0.4 is 5.32 Å². The summed E-state index contributed by atoms with van der Waals surface area (Å²) in [7, 11) is 1.34. The molecule has 0 amide bonds. The highest BCUT2D eigenvalue weighted by atomic mass is 35.5. The molecule has 0 radical (unpaired) electrons. The quantitative estimate of drug-likeness (QED) is 0.679. The van der Waals surface area contributed by atoms with Gasteiger partial charge in [0.25, 0.3) is 0 Å². The van der Waals surface area contributed by atoms with Crippen LogP contribution in [0.5, 0.6) is 0 Å². The molecule has 0 aliphatic carbocycles. The largest absolute Gasteiger partial charge is 0.464 e. The van der Waals surface area contributed by atoms with Gasteiger partial charge in [-0.05, 0) is 49.7 Å². The molecular formula is C19H17ClN2O2. The van der Waals surface area contributed by atoms with Crippen molar-refractivity contribution in [3.63, 3.8) is 0 Å². The van der Waals surface area contributed by atoms with Crippen LogP contribution in [0.1, 0.15) is 21.6 Å². The van der Waals surface area contributed by atoms with Crippen LogP contribution in [0, 0.1) is 13.8 Å². The third-order valence-corrected chi connectivity index (χ3v) is 4.07. The maximum atomic E-state index is 11.9. The first kappa shape index (κ1) is 16.3. The van der Waals surface area contributed by atoms with Gasteiger partial charge in [0, 0.05) is 5.39 Å². The molecule has 0 atom stereocenters. The SMILES string of the molecule is COC(=O)c1cc(Nc2ccc(C)cc2Cl)c2cc(C)ccc2n1. The summed E-state index contributed by atoms with van der Waals surface area (Å²) >= 11 is 6.32. The molecule has 0 saturated heterocycles. The monoisotopic (exact) mass is 340 g/mol. The van der Waals surface area contributed by atoms with Gasteiger partial charge in [0.2, 0.25) is 0 Å². The number of hydrogen-bond donors (Lipinski definition) is 1. The molecule has 0 aliphatic rings. The Labute approximate surface area is 145 Å². The molecule has 1 aromatic heterocycles. The average molecular weight is 341 g/mol. The molecule has 1 N–H and O–H groups in total. The van der Waals surface area contributed by atoms with E-state index >= 15 is 0 Å². The van der Waals surface area contributed by atoms with Crippen LogP contribution in [-0.4, -0.2) is 18.1 Å². The minimum Gasteiger partial charge on any atom is -0.464 e. The Hall–Kier alpha value is -2.59. The molecule has 0 spiro atoms. The molecule has 122 valence electrons. The van der Waals surface area contributed by atoms with E-state index in [4.69, 9.17) is 16.3 Å². The maximum absolute atomic E-state index is 11.9. The molecule has 4 nitrogen and oxygen atoms in total. The van der Waals surface area contributed by atoms with Gasteiger partial charge < -0.3 is 10.1 Å². The summed E-state index contributed by atoms with van der Waals surface area (Å²) in [5, 5.41) is 4.84. The number of ether oxygens (including phenoxy) is 1. The molecule has 1 heterocycles. The summed E-state index contributed by atoms with van der Waals surface area (Å²) < 4.78 is 4.80. The standard InChI is InChI=1S/C19H17ClN2O2/c1-11-4-6-15-13(8-11)17(10-18(21-15)19(23)24-3)22-16-7-5-12(2)9-14(16)20/h4-10H,1-3H3,(H,21,22). The van der Waals surface area contributed by atoms with E-state index in [-0.39, 0.29) is 5.69 Å². The van der Waals surface area contributed by atoms with Gasteiger partial charge in [0.15, 0.2) is 5.69 Å². The number of rotatable bonds is 3. The predicted octanol–water partition coefficient (Wildman–Crippen LogP) is 5.04.